The first kappa shape index (κ1) is 10.4. The predicted octanol–water partition coefficient (Wildman–Crippen LogP) is 2.21. The van der Waals surface area contributed by atoms with Gasteiger partial charge in [0, 0.05) is 0 Å². The van der Waals surface area contributed by atoms with Crippen molar-refractivity contribution in [2.45, 2.75) is 25.9 Å². The van der Waals surface area contributed by atoms with Crippen LogP contribution < -0.4 is 0 Å². The Morgan fingerprint density at radius 3 is 1.45 bits per heavy atom. The molecule has 0 saturated heterocycles. The number of rotatable bonds is 4. The van der Waals surface area contributed by atoms with E-state index in [0.29, 0.717) is 12.1 Å². The Balaban J connectivity index is 4.41. The fourth-order valence-electron chi connectivity index (χ4n) is 0.914. The number of likely N-dealkylation sites (N-methyl/N-ethyl adjacent to an activating group) is 1. The van der Waals surface area contributed by atoms with Crippen molar-refractivity contribution in [3.63, 3.8) is 0 Å². The van der Waals surface area contributed by atoms with E-state index in [2.05, 4.69) is 41.1 Å². The molecule has 0 heterocycles. The van der Waals surface area contributed by atoms with Gasteiger partial charge in [-0.3, -0.25) is 0 Å². The molecule has 0 amide bonds. The van der Waals surface area contributed by atoms with E-state index >= 15 is 0 Å². The second-order valence-electron chi connectivity index (χ2n) is 3.58. The molecular formula is C10H20N+. The van der Waals surface area contributed by atoms with Crippen LogP contribution in [-0.2, 0) is 0 Å². The van der Waals surface area contributed by atoms with Gasteiger partial charge < -0.3 is 4.48 Å². The van der Waals surface area contributed by atoms with E-state index in [1.807, 2.05) is 12.2 Å². The zero-order valence-corrected chi connectivity index (χ0v) is 8.17. The maximum absolute atomic E-state index is 3.79. The Morgan fingerprint density at radius 1 is 1.00 bits per heavy atom. The fourth-order valence-corrected chi connectivity index (χ4v) is 0.914. The molecule has 1 nitrogen and oxygen atoms in total. The van der Waals surface area contributed by atoms with E-state index in [-0.39, 0.29) is 0 Å². The highest BCUT2D eigenvalue weighted by molar-refractivity contribution is 4.82. The Morgan fingerprint density at radius 2 is 1.27 bits per heavy atom. The van der Waals surface area contributed by atoms with Crippen LogP contribution in [0.3, 0.4) is 0 Å². The molecule has 0 aromatic carbocycles. The van der Waals surface area contributed by atoms with Gasteiger partial charge in [0.15, 0.2) is 0 Å². The molecule has 0 fully saturated rings. The average molecular weight is 154 g/mol. The predicted molar refractivity (Wildman–Crippen MR) is 51.4 cm³/mol. The summed E-state index contributed by atoms with van der Waals surface area (Å²) in [5, 5.41) is 0. The maximum atomic E-state index is 3.79. The van der Waals surface area contributed by atoms with Crippen LogP contribution in [0.5, 0.6) is 0 Å². The molecule has 64 valence electrons. The molecule has 0 aliphatic rings. The lowest BCUT2D eigenvalue weighted by Gasteiger charge is -2.38. The Kier molecular flexibility index (Phi) is 3.53. The van der Waals surface area contributed by atoms with Crippen molar-refractivity contribution in [2.24, 2.45) is 0 Å². The number of quaternary nitrogens is 1. The van der Waals surface area contributed by atoms with Gasteiger partial charge in [0.25, 0.3) is 0 Å². The first-order chi connectivity index (χ1) is 4.96. The lowest BCUT2D eigenvalue weighted by atomic mass is 10.1. The molecule has 0 bridgehead atoms. The summed E-state index contributed by atoms with van der Waals surface area (Å²) in [4.78, 5) is 0. The standard InChI is InChI=1S/C10H20N/c1-7-9(3)11(5,6)10(4)8-2/h7-10H,1-2H2,3-6H3/q+1. The topological polar surface area (TPSA) is 0 Å². The van der Waals surface area contributed by atoms with Gasteiger partial charge in [-0.2, -0.15) is 0 Å². The zero-order chi connectivity index (χ0) is 9.07. The summed E-state index contributed by atoms with van der Waals surface area (Å²) in [5.41, 5.74) is 0. The highest BCUT2D eigenvalue weighted by atomic mass is 15.3. The van der Waals surface area contributed by atoms with Gasteiger partial charge in [-0.25, -0.2) is 0 Å². The minimum absolute atomic E-state index is 0.475. The molecule has 0 rings (SSSR count). The Hall–Kier alpha value is -0.560. The van der Waals surface area contributed by atoms with E-state index in [9.17, 15) is 0 Å². The molecule has 0 radical (unpaired) electrons. The second kappa shape index (κ2) is 3.72. The summed E-state index contributed by atoms with van der Waals surface area (Å²) in [7, 11) is 4.39. The van der Waals surface area contributed by atoms with Gasteiger partial charge in [0.1, 0.15) is 12.1 Å². The molecule has 0 aliphatic heterocycles. The quantitative estimate of drug-likeness (QED) is 0.430. The molecule has 0 N–H and O–H groups in total. The van der Waals surface area contributed by atoms with E-state index in [0.717, 1.165) is 4.48 Å². The van der Waals surface area contributed by atoms with Gasteiger partial charge in [0.2, 0.25) is 0 Å². The average Bonchev–Trinajstić information content (AvgIpc) is 2.01. The van der Waals surface area contributed by atoms with Gasteiger partial charge in [-0.05, 0) is 26.0 Å². The summed E-state index contributed by atoms with van der Waals surface area (Å²) in [6.07, 6.45) is 3.97. The molecule has 0 aromatic rings. The summed E-state index contributed by atoms with van der Waals surface area (Å²) >= 11 is 0. The minimum atomic E-state index is 0.475. The molecule has 2 atom stereocenters. The highest BCUT2D eigenvalue weighted by Crippen LogP contribution is 2.13. The van der Waals surface area contributed by atoms with Crippen LogP contribution in [0, 0.1) is 0 Å². The van der Waals surface area contributed by atoms with Gasteiger partial charge in [0.05, 0.1) is 14.1 Å². The van der Waals surface area contributed by atoms with Crippen molar-refractivity contribution in [1.82, 2.24) is 0 Å². The second-order valence-corrected chi connectivity index (χ2v) is 3.58. The summed E-state index contributed by atoms with van der Waals surface area (Å²) < 4.78 is 0.924. The zero-order valence-electron chi connectivity index (χ0n) is 8.17. The van der Waals surface area contributed by atoms with Crippen molar-refractivity contribution in [2.75, 3.05) is 14.1 Å². The monoisotopic (exact) mass is 154 g/mol. The van der Waals surface area contributed by atoms with Crippen LogP contribution in [0.4, 0.5) is 0 Å². The maximum Gasteiger partial charge on any atom is 0.105 e. The lowest BCUT2D eigenvalue weighted by Crippen LogP contribution is -2.51. The van der Waals surface area contributed by atoms with E-state index in [1.165, 1.54) is 0 Å². The van der Waals surface area contributed by atoms with E-state index in [1.54, 1.807) is 0 Å². The molecular weight excluding hydrogens is 134 g/mol. The third-order valence-electron chi connectivity index (χ3n) is 2.78. The third kappa shape index (κ3) is 2.19. The van der Waals surface area contributed by atoms with Crippen LogP contribution in [0.25, 0.3) is 0 Å². The SMILES string of the molecule is C=CC(C)[N+](C)(C)C(C)C=C. The van der Waals surface area contributed by atoms with Gasteiger partial charge in [-0.15, -0.1) is 0 Å². The molecule has 1 heteroatoms. The van der Waals surface area contributed by atoms with Crippen molar-refractivity contribution in [3.8, 4) is 0 Å². The first-order valence-electron chi connectivity index (χ1n) is 4.05. The van der Waals surface area contributed by atoms with E-state index in [4.69, 9.17) is 0 Å². The largest absolute Gasteiger partial charge is 0.318 e. The normalized spacial score (nSPS) is 17.1. The van der Waals surface area contributed by atoms with Crippen LogP contribution in [0.2, 0.25) is 0 Å². The van der Waals surface area contributed by atoms with Crippen LogP contribution in [0.15, 0.2) is 25.3 Å². The molecule has 0 spiro atoms. The summed E-state index contributed by atoms with van der Waals surface area (Å²) in [6, 6.07) is 0.950. The van der Waals surface area contributed by atoms with Crippen LogP contribution >= 0.6 is 0 Å². The first-order valence-corrected chi connectivity index (χ1v) is 4.05. The van der Waals surface area contributed by atoms with Crippen molar-refractivity contribution in [3.05, 3.63) is 25.3 Å². The van der Waals surface area contributed by atoms with Gasteiger partial charge in [-0.1, -0.05) is 13.2 Å². The summed E-state index contributed by atoms with van der Waals surface area (Å²) in [5.74, 6) is 0. The smallest absolute Gasteiger partial charge is 0.105 e. The molecule has 0 aliphatic carbocycles. The third-order valence-corrected chi connectivity index (χ3v) is 2.78. The number of hydrogen-bond acceptors (Lipinski definition) is 0. The molecule has 11 heavy (non-hydrogen) atoms. The van der Waals surface area contributed by atoms with Crippen molar-refractivity contribution in [1.29, 1.82) is 0 Å². The number of hydrogen-bond donors (Lipinski definition) is 0. The molecule has 0 saturated carbocycles. The Bertz CT molecular complexity index is 131. The minimum Gasteiger partial charge on any atom is -0.318 e. The Labute approximate surface area is 70.6 Å². The highest BCUT2D eigenvalue weighted by Gasteiger charge is 2.25. The summed E-state index contributed by atoms with van der Waals surface area (Å²) in [6.45, 7) is 11.9. The lowest BCUT2D eigenvalue weighted by molar-refractivity contribution is -0.922. The van der Waals surface area contributed by atoms with E-state index < -0.39 is 0 Å². The molecule has 2 unspecified atom stereocenters. The van der Waals surface area contributed by atoms with Crippen LogP contribution in [0.1, 0.15) is 13.8 Å². The fraction of sp³-hybridized carbons (Fsp3) is 0.600. The number of nitrogens with zero attached hydrogens (tertiary/aromatic N) is 1. The molecule has 0 aromatic heterocycles. The van der Waals surface area contributed by atoms with Gasteiger partial charge >= 0.3 is 0 Å². The van der Waals surface area contributed by atoms with Crippen molar-refractivity contribution >= 4 is 0 Å². The van der Waals surface area contributed by atoms with Crippen molar-refractivity contribution < 1.29 is 4.48 Å². The van der Waals surface area contributed by atoms with Crippen LogP contribution in [-0.4, -0.2) is 30.7 Å².